The van der Waals surface area contributed by atoms with E-state index >= 15 is 0 Å². The number of hydrogen-bond acceptors (Lipinski definition) is 5. The van der Waals surface area contributed by atoms with Crippen LogP contribution in [-0.4, -0.2) is 29.7 Å². The van der Waals surface area contributed by atoms with Crippen LogP contribution in [0.2, 0.25) is 0 Å². The number of amides is 2. The number of benzene rings is 2. The fraction of sp³-hybridized carbons (Fsp3) is 0.190. The first-order valence-corrected chi connectivity index (χ1v) is 9.69. The van der Waals surface area contributed by atoms with Gasteiger partial charge in [0.15, 0.2) is 11.5 Å². The van der Waals surface area contributed by atoms with Gasteiger partial charge in [0.2, 0.25) is 11.8 Å². The number of hydrogen-bond donors (Lipinski definition) is 3. The van der Waals surface area contributed by atoms with Crippen LogP contribution < -0.4 is 15.5 Å². The summed E-state index contributed by atoms with van der Waals surface area (Å²) in [6, 6.07) is 10.4. The second-order valence-electron chi connectivity index (χ2n) is 5.95. The smallest absolute Gasteiger partial charge is 0.249 e. The summed E-state index contributed by atoms with van der Waals surface area (Å²) in [6.45, 7) is 5.87. The number of phenols is 1. The van der Waals surface area contributed by atoms with E-state index in [9.17, 15) is 14.7 Å². The van der Waals surface area contributed by atoms with Crippen LogP contribution >= 0.6 is 15.9 Å². The SMILES string of the molecule is C=CCc1cc(C=NNC(=O)CC(=O)Nc2ccccc2Br)cc(OCC)c1O. The summed E-state index contributed by atoms with van der Waals surface area (Å²) in [5, 5.41) is 16.7. The van der Waals surface area contributed by atoms with Crippen molar-refractivity contribution in [2.75, 3.05) is 11.9 Å². The third-order valence-electron chi connectivity index (χ3n) is 3.71. The van der Waals surface area contributed by atoms with Crippen molar-refractivity contribution in [1.29, 1.82) is 0 Å². The molecule has 0 heterocycles. The van der Waals surface area contributed by atoms with Crippen molar-refractivity contribution in [1.82, 2.24) is 5.43 Å². The molecule has 0 radical (unpaired) electrons. The van der Waals surface area contributed by atoms with Gasteiger partial charge in [-0.3, -0.25) is 9.59 Å². The van der Waals surface area contributed by atoms with E-state index in [0.29, 0.717) is 35.6 Å². The fourth-order valence-corrected chi connectivity index (χ4v) is 2.85. The Hall–Kier alpha value is -3.13. The first-order chi connectivity index (χ1) is 13.9. The van der Waals surface area contributed by atoms with Gasteiger partial charge in [-0.1, -0.05) is 18.2 Å². The number of anilines is 1. The van der Waals surface area contributed by atoms with E-state index in [1.54, 1.807) is 36.4 Å². The minimum atomic E-state index is -0.555. The Bertz CT molecular complexity index is 928. The molecule has 3 N–H and O–H groups in total. The molecule has 0 saturated carbocycles. The topological polar surface area (TPSA) is 100 Å². The average Bonchev–Trinajstić information content (AvgIpc) is 2.67. The number of ether oxygens (including phenoxy) is 1. The molecule has 0 aliphatic rings. The van der Waals surface area contributed by atoms with Crippen molar-refractivity contribution in [2.24, 2.45) is 5.10 Å². The number of rotatable bonds is 9. The highest BCUT2D eigenvalue weighted by Gasteiger charge is 2.11. The molecule has 2 rings (SSSR count). The van der Waals surface area contributed by atoms with Gasteiger partial charge in [0.05, 0.1) is 18.5 Å². The lowest BCUT2D eigenvalue weighted by Gasteiger charge is -2.10. The average molecular weight is 460 g/mol. The summed E-state index contributed by atoms with van der Waals surface area (Å²) < 4.78 is 6.14. The minimum Gasteiger partial charge on any atom is -0.504 e. The minimum absolute atomic E-state index is 0.0525. The number of nitrogens with one attached hydrogen (secondary N) is 2. The Morgan fingerprint density at radius 2 is 2.03 bits per heavy atom. The molecule has 8 heteroatoms. The van der Waals surface area contributed by atoms with Gasteiger partial charge in [0.25, 0.3) is 0 Å². The number of halogens is 1. The zero-order chi connectivity index (χ0) is 21.2. The van der Waals surface area contributed by atoms with Gasteiger partial charge in [-0.05, 0) is 59.1 Å². The lowest BCUT2D eigenvalue weighted by Crippen LogP contribution is -2.24. The van der Waals surface area contributed by atoms with E-state index in [4.69, 9.17) is 4.74 Å². The quantitative estimate of drug-likeness (QED) is 0.230. The second-order valence-corrected chi connectivity index (χ2v) is 6.80. The van der Waals surface area contributed by atoms with Gasteiger partial charge >= 0.3 is 0 Å². The molecule has 0 unspecified atom stereocenters. The van der Waals surface area contributed by atoms with Gasteiger partial charge in [-0.2, -0.15) is 5.10 Å². The summed E-state index contributed by atoms with van der Waals surface area (Å²) in [4.78, 5) is 23.9. The Balaban J connectivity index is 1.97. The molecule has 152 valence electrons. The zero-order valence-corrected chi connectivity index (χ0v) is 17.5. The zero-order valence-electron chi connectivity index (χ0n) is 15.9. The van der Waals surface area contributed by atoms with Crippen molar-refractivity contribution in [3.63, 3.8) is 0 Å². The second kappa shape index (κ2) is 11.0. The largest absolute Gasteiger partial charge is 0.504 e. The molecule has 0 spiro atoms. The Morgan fingerprint density at radius 1 is 1.28 bits per heavy atom. The molecule has 2 amide bonds. The molecule has 0 aliphatic carbocycles. The number of carbonyl (C=O) groups is 2. The van der Waals surface area contributed by atoms with Gasteiger partial charge in [-0.25, -0.2) is 5.43 Å². The normalized spacial score (nSPS) is 10.6. The van der Waals surface area contributed by atoms with E-state index in [1.807, 2.05) is 13.0 Å². The molecular formula is C21H22BrN3O4. The van der Waals surface area contributed by atoms with Crippen LogP contribution in [0.5, 0.6) is 11.5 Å². The molecule has 7 nitrogen and oxygen atoms in total. The third-order valence-corrected chi connectivity index (χ3v) is 4.40. The summed E-state index contributed by atoms with van der Waals surface area (Å²) >= 11 is 3.32. The number of nitrogens with zero attached hydrogens (tertiary/aromatic N) is 1. The third kappa shape index (κ3) is 6.76. The molecular weight excluding hydrogens is 438 g/mol. The number of hydrazone groups is 1. The lowest BCUT2D eigenvalue weighted by atomic mass is 10.1. The first-order valence-electron chi connectivity index (χ1n) is 8.90. The molecule has 29 heavy (non-hydrogen) atoms. The van der Waals surface area contributed by atoms with E-state index in [0.717, 1.165) is 4.47 Å². The molecule has 0 bridgehead atoms. The summed E-state index contributed by atoms with van der Waals surface area (Å²) in [5.41, 5.74) is 4.15. The number of carbonyl (C=O) groups excluding carboxylic acids is 2. The van der Waals surface area contributed by atoms with Gasteiger partial charge in [-0.15, -0.1) is 6.58 Å². The fourth-order valence-electron chi connectivity index (χ4n) is 2.46. The monoisotopic (exact) mass is 459 g/mol. The number of allylic oxidation sites excluding steroid dienone is 1. The Labute approximate surface area is 177 Å². The van der Waals surface area contributed by atoms with Crippen LogP contribution in [0.15, 0.2) is 58.6 Å². The highest BCUT2D eigenvalue weighted by Crippen LogP contribution is 2.32. The van der Waals surface area contributed by atoms with Crippen LogP contribution in [0.25, 0.3) is 0 Å². The van der Waals surface area contributed by atoms with Crippen LogP contribution in [0, 0.1) is 0 Å². The Morgan fingerprint density at radius 3 is 2.72 bits per heavy atom. The van der Waals surface area contributed by atoms with Crippen LogP contribution in [0.3, 0.4) is 0 Å². The van der Waals surface area contributed by atoms with Crippen molar-refractivity contribution < 1.29 is 19.4 Å². The van der Waals surface area contributed by atoms with Crippen molar-refractivity contribution in [3.05, 3.63) is 64.7 Å². The molecule has 2 aromatic carbocycles. The molecule has 0 fully saturated rings. The van der Waals surface area contributed by atoms with Crippen LogP contribution in [-0.2, 0) is 16.0 Å². The molecule has 2 aromatic rings. The molecule has 0 atom stereocenters. The summed E-state index contributed by atoms with van der Waals surface area (Å²) in [7, 11) is 0. The van der Waals surface area contributed by atoms with Gasteiger partial charge in [0.1, 0.15) is 6.42 Å². The van der Waals surface area contributed by atoms with Crippen molar-refractivity contribution >= 4 is 39.6 Å². The number of aromatic hydroxyl groups is 1. The standard InChI is InChI=1S/C21H22BrN3O4/c1-3-7-15-10-14(11-18(21(15)28)29-4-2)13-23-25-20(27)12-19(26)24-17-9-6-5-8-16(17)22/h3,5-6,8-11,13,28H,1,4,7,12H2,2H3,(H,24,26)(H,25,27). The van der Waals surface area contributed by atoms with E-state index < -0.39 is 11.8 Å². The van der Waals surface area contributed by atoms with Crippen molar-refractivity contribution in [2.45, 2.75) is 19.8 Å². The summed E-state index contributed by atoms with van der Waals surface area (Å²) in [5.74, 6) is -0.633. The first kappa shape index (κ1) is 22.2. The van der Waals surface area contributed by atoms with E-state index in [1.165, 1.54) is 6.21 Å². The number of phenolic OH excluding ortho intramolecular Hbond substituents is 1. The highest BCUT2D eigenvalue weighted by molar-refractivity contribution is 9.10. The maximum absolute atomic E-state index is 12.0. The van der Waals surface area contributed by atoms with Crippen LogP contribution in [0.4, 0.5) is 5.69 Å². The van der Waals surface area contributed by atoms with Gasteiger partial charge < -0.3 is 15.2 Å². The predicted octanol–water partition coefficient (Wildman–Crippen LogP) is 3.76. The highest BCUT2D eigenvalue weighted by atomic mass is 79.9. The van der Waals surface area contributed by atoms with E-state index in [-0.39, 0.29) is 12.2 Å². The molecule has 0 saturated heterocycles. The maximum atomic E-state index is 12.0. The predicted molar refractivity (Wildman–Crippen MR) is 116 cm³/mol. The maximum Gasteiger partial charge on any atom is 0.249 e. The van der Waals surface area contributed by atoms with Crippen LogP contribution in [0.1, 0.15) is 24.5 Å². The van der Waals surface area contributed by atoms with E-state index in [2.05, 4.69) is 38.4 Å². The van der Waals surface area contributed by atoms with Crippen molar-refractivity contribution in [3.8, 4) is 11.5 Å². The number of para-hydroxylation sites is 1. The lowest BCUT2D eigenvalue weighted by molar-refractivity contribution is -0.126. The van der Waals surface area contributed by atoms with Gasteiger partial charge in [0, 0.05) is 10.0 Å². The summed E-state index contributed by atoms with van der Waals surface area (Å²) in [6.07, 6.45) is 3.16. The molecule has 0 aromatic heterocycles. The molecule has 0 aliphatic heterocycles. The Kier molecular flexibility index (Phi) is 8.42.